The maximum atomic E-state index is 13.5. The average Bonchev–Trinajstić information content (AvgIpc) is 3.44. The average molecular weight is 469 g/mol. The highest BCUT2D eigenvalue weighted by molar-refractivity contribution is 7.19. The lowest BCUT2D eigenvalue weighted by Gasteiger charge is -2.22. The number of carboxylic acids is 1. The second-order valence-corrected chi connectivity index (χ2v) is 9.06. The van der Waals surface area contributed by atoms with Gasteiger partial charge in [0.2, 0.25) is 0 Å². The van der Waals surface area contributed by atoms with Gasteiger partial charge in [-0.15, -0.1) is 22.7 Å². The van der Waals surface area contributed by atoms with Crippen LogP contribution in [-0.4, -0.2) is 41.1 Å². The van der Waals surface area contributed by atoms with E-state index in [1.165, 1.54) is 30.9 Å². The number of fused-ring (bicyclic) bond motifs is 1. The molecule has 7 nitrogen and oxygen atoms in total. The second-order valence-electron chi connectivity index (χ2n) is 6.94. The monoisotopic (exact) mass is 468 g/mol. The highest BCUT2D eigenvalue weighted by Gasteiger charge is 2.21. The summed E-state index contributed by atoms with van der Waals surface area (Å²) in [6.07, 6.45) is 0. The lowest BCUT2D eigenvalue weighted by molar-refractivity contribution is 0.0691. The first-order valence-corrected chi connectivity index (χ1v) is 11.3. The first kappa shape index (κ1) is 21.8. The highest BCUT2D eigenvalue weighted by atomic mass is 32.1. The minimum absolute atomic E-state index is 0.0256. The van der Waals surface area contributed by atoms with Crippen LogP contribution >= 0.6 is 22.7 Å². The molecule has 0 fully saturated rings. The van der Waals surface area contributed by atoms with Crippen molar-refractivity contribution in [2.24, 2.45) is 0 Å². The first-order chi connectivity index (χ1) is 15.5. The zero-order valence-electron chi connectivity index (χ0n) is 17.4. The van der Waals surface area contributed by atoms with E-state index in [1.807, 2.05) is 24.3 Å². The Kier molecular flexibility index (Phi) is 6.38. The van der Waals surface area contributed by atoms with E-state index in [1.54, 1.807) is 34.4 Å². The van der Waals surface area contributed by atoms with E-state index in [0.717, 1.165) is 15.0 Å². The number of carboxylic acid groups (broad SMARTS) is 1. The molecule has 4 rings (SSSR count). The quantitative estimate of drug-likeness (QED) is 0.395. The van der Waals surface area contributed by atoms with Crippen molar-refractivity contribution >= 4 is 44.6 Å². The predicted octanol–water partition coefficient (Wildman–Crippen LogP) is 4.92. The molecule has 0 aliphatic carbocycles. The number of rotatable bonds is 8. The van der Waals surface area contributed by atoms with Crippen LogP contribution in [0.1, 0.15) is 30.7 Å². The third kappa shape index (κ3) is 4.74. The summed E-state index contributed by atoms with van der Waals surface area (Å²) in [6, 6.07) is 15.1. The van der Waals surface area contributed by atoms with Crippen LogP contribution in [0.4, 0.5) is 0 Å². The second kappa shape index (κ2) is 9.37. The van der Waals surface area contributed by atoms with Gasteiger partial charge in [0, 0.05) is 26.6 Å². The molecule has 1 N–H and O–H groups in total. The Morgan fingerprint density at radius 3 is 2.38 bits per heavy atom. The Hall–Kier alpha value is -3.43. The number of carbonyl (C=O) groups excluding carboxylic acids is 1. The Bertz CT molecular complexity index is 1230. The molecule has 0 unspecified atom stereocenters. The molecule has 0 spiro atoms. The lowest BCUT2D eigenvalue weighted by Crippen LogP contribution is -2.30. The first-order valence-electron chi connectivity index (χ1n) is 9.64. The van der Waals surface area contributed by atoms with Crippen molar-refractivity contribution in [3.8, 4) is 11.5 Å². The summed E-state index contributed by atoms with van der Waals surface area (Å²) in [5.74, 6) is -0.298. The normalized spacial score (nSPS) is 10.8. The molecule has 0 saturated carbocycles. The number of amides is 1. The van der Waals surface area contributed by atoms with Gasteiger partial charge in [0.25, 0.3) is 5.91 Å². The molecule has 2 aromatic heterocycles. The summed E-state index contributed by atoms with van der Waals surface area (Å²) in [6.45, 7) is 0.546. The molecular weight excluding hydrogens is 448 g/mol. The number of aromatic carboxylic acids is 1. The number of thiazole rings is 1. The standard InChI is InChI=1S/C23H20N2O5S2/c1-29-16-7-15(8-17(10-16)30-2)22(26)25(12-21-24-19(13-31-21)23(27)28)11-18-9-14-5-3-4-6-20(14)32-18/h3-10,13H,11-12H2,1-2H3,(H,27,28). The van der Waals surface area contributed by atoms with Crippen LogP contribution < -0.4 is 9.47 Å². The van der Waals surface area contributed by atoms with Crippen molar-refractivity contribution < 1.29 is 24.2 Å². The van der Waals surface area contributed by atoms with Crippen LogP contribution in [0.25, 0.3) is 10.1 Å². The third-order valence-corrected chi connectivity index (χ3v) is 6.74. The van der Waals surface area contributed by atoms with E-state index in [0.29, 0.717) is 28.6 Å². The molecule has 164 valence electrons. The van der Waals surface area contributed by atoms with Gasteiger partial charge < -0.3 is 19.5 Å². The molecule has 0 aliphatic heterocycles. The van der Waals surface area contributed by atoms with Crippen LogP contribution in [0.3, 0.4) is 0 Å². The molecule has 32 heavy (non-hydrogen) atoms. The zero-order chi connectivity index (χ0) is 22.7. The van der Waals surface area contributed by atoms with Gasteiger partial charge in [-0.3, -0.25) is 4.79 Å². The minimum atomic E-state index is -1.09. The number of nitrogens with zero attached hydrogens (tertiary/aromatic N) is 2. The molecule has 0 atom stereocenters. The van der Waals surface area contributed by atoms with Gasteiger partial charge in [0.1, 0.15) is 16.5 Å². The molecular formula is C23H20N2O5S2. The van der Waals surface area contributed by atoms with Crippen LogP contribution in [0.2, 0.25) is 0 Å². The number of methoxy groups -OCH3 is 2. The fourth-order valence-electron chi connectivity index (χ4n) is 3.26. The number of carbonyl (C=O) groups is 2. The molecule has 0 bridgehead atoms. The number of ether oxygens (including phenoxy) is 2. The summed E-state index contributed by atoms with van der Waals surface area (Å²) >= 11 is 2.84. The van der Waals surface area contributed by atoms with E-state index in [4.69, 9.17) is 9.47 Å². The molecule has 2 heterocycles. The Labute approximate surface area is 192 Å². The van der Waals surface area contributed by atoms with Crippen molar-refractivity contribution in [1.29, 1.82) is 0 Å². The summed E-state index contributed by atoms with van der Waals surface area (Å²) in [7, 11) is 3.06. The summed E-state index contributed by atoms with van der Waals surface area (Å²) in [5.41, 5.74) is 0.389. The Morgan fingerprint density at radius 2 is 1.75 bits per heavy atom. The summed E-state index contributed by atoms with van der Waals surface area (Å²) in [4.78, 5) is 31.6. The SMILES string of the molecule is COc1cc(OC)cc(C(=O)N(Cc2cc3ccccc3s2)Cc2nc(C(=O)O)cs2)c1. The maximum absolute atomic E-state index is 13.5. The number of thiophene rings is 1. The van der Waals surface area contributed by atoms with Crippen LogP contribution in [-0.2, 0) is 13.1 Å². The number of hydrogen-bond donors (Lipinski definition) is 1. The van der Waals surface area contributed by atoms with Gasteiger partial charge in [-0.2, -0.15) is 0 Å². The summed E-state index contributed by atoms with van der Waals surface area (Å²) in [5, 5.41) is 12.3. The van der Waals surface area contributed by atoms with Crippen molar-refractivity contribution in [2.75, 3.05) is 14.2 Å². The Morgan fingerprint density at radius 1 is 1.03 bits per heavy atom. The van der Waals surface area contributed by atoms with Crippen molar-refractivity contribution in [1.82, 2.24) is 9.88 Å². The fraction of sp³-hybridized carbons (Fsp3) is 0.174. The minimum Gasteiger partial charge on any atom is -0.497 e. The van der Waals surface area contributed by atoms with Gasteiger partial charge in [-0.25, -0.2) is 9.78 Å². The van der Waals surface area contributed by atoms with Crippen molar-refractivity contribution in [3.63, 3.8) is 0 Å². The summed E-state index contributed by atoms with van der Waals surface area (Å²) < 4.78 is 11.8. The van der Waals surface area contributed by atoms with Gasteiger partial charge in [0.05, 0.1) is 27.3 Å². The molecule has 9 heteroatoms. The number of hydrogen-bond acceptors (Lipinski definition) is 7. The van der Waals surface area contributed by atoms with Gasteiger partial charge in [0.15, 0.2) is 5.69 Å². The van der Waals surface area contributed by atoms with Gasteiger partial charge >= 0.3 is 5.97 Å². The molecule has 0 saturated heterocycles. The smallest absolute Gasteiger partial charge is 0.355 e. The molecule has 1 amide bonds. The molecule has 2 aromatic carbocycles. The van der Waals surface area contributed by atoms with E-state index < -0.39 is 5.97 Å². The predicted molar refractivity (Wildman–Crippen MR) is 124 cm³/mol. The largest absolute Gasteiger partial charge is 0.497 e. The highest BCUT2D eigenvalue weighted by Crippen LogP contribution is 2.29. The van der Waals surface area contributed by atoms with E-state index in [9.17, 15) is 14.7 Å². The van der Waals surface area contributed by atoms with E-state index in [-0.39, 0.29) is 18.1 Å². The van der Waals surface area contributed by atoms with Crippen molar-refractivity contribution in [3.05, 3.63) is 75.1 Å². The van der Waals surface area contributed by atoms with Crippen molar-refractivity contribution in [2.45, 2.75) is 13.1 Å². The molecule has 0 aliphatic rings. The number of aromatic nitrogens is 1. The molecule has 0 radical (unpaired) electrons. The zero-order valence-corrected chi connectivity index (χ0v) is 19.0. The van der Waals surface area contributed by atoms with Crippen LogP contribution in [0.15, 0.2) is 53.9 Å². The van der Waals surface area contributed by atoms with Crippen LogP contribution in [0, 0.1) is 0 Å². The topological polar surface area (TPSA) is 89.0 Å². The molecule has 4 aromatic rings. The van der Waals surface area contributed by atoms with E-state index in [2.05, 4.69) is 11.1 Å². The lowest BCUT2D eigenvalue weighted by atomic mass is 10.1. The fourth-order valence-corrected chi connectivity index (χ4v) is 5.12. The maximum Gasteiger partial charge on any atom is 0.355 e. The van der Waals surface area contributed by atoms with Gasteiger partial charge in [-0.05, 0) is 29.7 Å². The number of benzene rings is 2. The van der Waals surface area contributed by atoms with Gasteiger partial charge in [-0.1, -0.05) is 18.2 Å². The van der Waals surface area contributed by atoms with Crippen LogP contribution in [0.5, 0.6) is 11.5 Å². The Balaban J connectivity index is 1.68. The third-order valence-electron chi connectivity index (χ3n) is 4.81. The van der Waals surface area contributed by atoms with E-state index >= 15 is 0 Å².